The van der Waals surface area contributed by atoms with Crippen molar-refractivity contribution in [2.24, 2.45) is 5.10 Å². The number of halogens is 5. The van der Waals surface area contributed by atoms with Gasteiger partial charge in [0.2, 0.25) is 0 Å². The van der Waals surface area contributed by atoms with Crippen LogP contribution in [0.4, 0.5) is 17.6 Å². The molecule has 0 radical (unpaired) electrons. The van der Waals surface area contributed by atoms with Gasteiger partial charge in [0.15, 0.2) is 17.3 Å². The van der Waals surface area contributed by atoms with Crippen LogP contribution in [0.2, 0.25) is 5.02 Å². The first-order valence-corrected chi connectivity index (χ1v) is 13.1. The van der Waals surface area contributed by atoms with Gasteiger partial charge in [0.1, 0.15) is 12.4 Å². The molecule has 1 aromatic heterocycles. The summed E-state index contributed by atoms with van der Waals surface area (Å²) in [5.74, 6) is 0.0352. The van der Waals surface area contributed by atoms with Crippen LogP contribution in [0.5, 0.6) is 11.5 Å². The van der Waals surface area contributed by atoms with Crippen molar-refractivity contribution in [1.82, 2.24) is 9.66 Å². The third kappa shape index (κ3) is 6.28. The van der Waals surface area contributed by atoms with E-state index in [1.807, 2.05) is 0 Å². The van der Waals surface area contributed by atoms with E-state index in [0.29, 0.717) is 16.6 Å². The van der Waals surface area contributed by atoms with Gasteiger partial charge in [-0.05, 0) is 66.6 Å². The van der Waals surface area contributed by atoms with Crippen molar-refractivity contribution in [3.05, 3.63) is 123 Å². The zero-order valence-electron chi connectivity index (χ0n) is 22.0. The van der Waals surface area contributed by atoms with Crippen LogP contribution in [0.3, 0.4) is 0 Å². The van der Waals surface area contributed by atoms with Crippen LogP contribution in [0, 0.1) is 5.82 Å². The van der Waals surface area contributed by atoms with Crippen molar-refractivity contribution in [2.75, 3.05) is 6.61 Å². The van der Waals surface area contributed by atoms with Gasteiger partial charge in [-0.1, -0.05) is 48.0 Å². The molecule has 0 amide bonds. The molecule has 6 nitrogen and oxygen atoms in total. The number of para-hydroxylation sites is 1. The van der Waals surface area contributed by atoms with Gasteiger partial charge < -0.3 is 9.47 Å². The largest absolute Gasteiger partial charge is 0.490 e. The molecule has 5 rings (SSSR count). The summed E-state index contributed by atoms with van der Waals surface area (Å²) in [6.45, 7) is 2.08. The highest BCUT2D eigenvalue weighted by atomic mass is 35.5. The minimum atomic E-state index is -4.59. The third-order valence-electron chi connectivity index (χ3n) is 6.13. The molecule has 42 heavy (non-hydrogen) atoms. The van der Waals surface area contributed by atoms with Crippen LogP contribution < -0.4 is 15.0 Å². The Balaban J connectivity index is 1.56. The van der Waals surface area contributed by atoms with Crippen LogP contribution >= 0.6 is 11.6 Å². The van der Waals surface area contributed by atoms with Crippen molar-refractivity contribution in [1.29, 1.82) is 0 Å². The second kappa shape index (κ2) is 12.0. The fourth-order valence-electron chi connectivity index (χ4n) is 4.22. The van der Waals surface area contributed by atoms with Crippen LogP contribution in [-0.2, 0) is 12.8 Å². The number of ether oxygens (including phenoxy) is 2. The lowest BCUT2D eigenvalue weighted by atomic mass is 10.1. The Labute approximate surface area is 242 Å². The summed E-state index contributed by atoms with van der Waals surface area (Å²) in [5, 5.41) is 4.71. The zero-order chi connectivity index (χ0) is 29.9. The van der Waals surface area contributed by atoms with Gasteiger partial charge in [0.05, 0.1) is 34.3 Å². The Hall–Kier alpha value is -4.70. The van der Waals surface area contributed by atoms with Gasteiger partial charge in [-0.15, -0.1) is 0 Å². The van der Waals surface area contributed by atoms with Crippen molar-refractivity contribution >= 4 is 28.7 Å². The first-order chi connectivity index (χ1) is 20.1. The van der Waals surface area contributed by atoms with Gasteiger partial charge in [0.25, 0.3) is 5.56 Å². The van der Waals surface area contributed by atoms with Crippen molar-refractivity contribution in [3.8, 4) is 22.9 Å². The number of fused-ring (bicyclic) bond motifs is 1. The van der Waals surface area contributed by atoms with Gasteiger partial charge in [-0.3, -0.25) is 4.79 Å². The monoisotopic (exact) mass is 595 g/mol. The highest BCUT2D eigenvalue weighted by Gasteiger charge is 2.31. The lowest BCUT2D eigenvalue weighted by Crippen LogP contribution is -2.20. The van der Waals surface area contributed by atoms with Gasteiger partial charge >= 0.3 is 6.18 Å². The fraction of sp³-hybridized carbons (Fsp3) is 0.129. The average molecular weight is 596 g/mol. The van der Waals surface area contributed by atoms with E-state index < -0.39 is 23.1 Å². The Kier molecular flexibility index (Phi) is 8.26. The Morgan fingerprint density at radius 1 is 0.976 bits per heavy atom. The number of hydrogen-bond donors (Lipinski definition) is 0. The molecule has 11 heteroatoms. The molecular formula is C31H22ClF4N3O3. The molecular weight excluding hydrogens is 574 g/mol. The van der Waals surface area contributed by atoms with E-state index in [-0.39, 0.29) is 46.5 Å². The molecule has 0 unspecified atom stereocenters. The predicted octanol–water partition coefficient (Wildman–Crippen LogP) is 7.73. The topological polar surface area (TPSA) is 65.7 Å². The fourth-order valence-corrected chi connectivity index (χ4v) is 4.50. The van der Waals surface area contributed by atoms with Gasteiger partial charge in [-0.25, -0.2) is 9.37 Å². The van der Waals surface area contributed by atoms with Gasteiger partial charge in [0, 0.05) is 5.56 Å². The zero-order valence-corrected chi connectivity index (χ0v) is 22.8. The summed E-state index contributed by atoms with van der Waals surface area (Å²) in [6.07, 6.45) is -3.27. The molecule has 0 N–H and O–H groups in total. The molecule has 0 aliphatic rings. The summed E-state index contributed by atoms with van der Waals surface area (Å²) >= 11 is 6.52. The maximum absolute atomic E-state index is 13.6. The maximum Gasteiger partial charge on any atom is 0.416 e. The highest BCUT2D eigenvalue weighted by molar-refractivity contribution is 6.32. The Bertz CT molecular complexity index is 1850. The molecule has 4 aromatic carbocycles. The van der Waals surface area contributed by atoms with E-state index in [1.165, 1.54) is 36.5 Å². The molecule has 0 atom stereocenters. The van der Waals surface area contributed by atoms with E-state index >= 15 is 0 Å². The molecule has 0 aliphatic carbocycles. The van der Waals surface area contributed by atoms with Crippen LogP contribution in [0.15, 0.2) is 94.8 Å². The SMILES string of the molecule is CCOc1cc(C=Nn2c(-c3cccc(C(F)(F)F)c3)nc3ccccc3c2=O)cc(Cl)c1OCc1cccc(F)c1. The first-order valence-electron chi connectivity index (χ1n) is 12.7. The molecule has 5 aromatic rings. The van der Waals surface area contributed by atoms with E-state index in [2.05, 4.69) is 10.1 Å². The summed E-state index contributed by atoms with van der Waals surface area (Å²) in [5.41, 5.74) is -0.0989. The lowest BCUT2D eigenvalue weighted by Gasteiger charge is -2.15. The highest BCUT2D eigenvalue weighted by Crippen LogP contribution is 2.37. The number of hydrogen-bond acceptors (Lipinski definition) is 5. The summed E-state index contributed by atoms with van der Waals surface area (Å²) < 4.78 is 66.4. The lowest BCUT2D eigenvalue weighted by molar-refractivity contribution is -0.137. The molecule has 0 saturated carbocycles. The quantitative estimate of drug-likeness (QED) is 0.136. The Morgan fingerprint density at radius 2 is 1.76 bits per heavy atom. The van der Waals surface area contributed by atoms with E-state index in [1.54, 1.807) is 49.4 Å². The minimum absolute atomic E-state index is 0.0312. The summed E-state index contributed by atoms with van der Waals surface area (Å²) in [7, 11) is 0. The number of aromatic nitrogens is 2. The number of nitrogens with zero attached hydrogens (tertiary/aromatic N) is 3. The second-order valence-corrected chi connectivity index (χ2v) is 9.48. The Morgan fingerprint density at radius 3 is 2.52 bits per heavy atom. The number of rotatable bonds is 8. The maximum atomic E-state index is 13.6. The smallest absolute Gasteiger partial charge is 0.416 e. The second-order valence-electron chi connectivity index (χ2n) is 9.07. The number of alkyl halides is 3. The van der Waals surface area contributed by atoms with Crippen LogP contribution in [0.1, 0.15) is 23.6 Å². The number of benzene rings is 4. The van der Waals surface area contributed by atoms with Crippen LogP contribution in [-0.4, -0.2) is 22.5 Å². The predicted molar refractivity (Wildman–Crippen MR) is 153 cm³/mol. The van der Waals surface area contributed by atoms with Crippen molar-refractivity contribution in [3.63, 3.8) is 0 Å². The third-order valence-corrected chi connectivity index (χ3v) is 6.41. The molecule has 1 heterocycles. The van der Waals surface area contributed by atoms with E-state index in [0.717, 1.165) is 16.8 Å². The normalized spacial score (nSPS) is 11.8. The van der Waals surface area contributed by atoms with Crippen molar-refractivity contribution in [2.45, 2.75) is 19.7 Å². The average Bonchev–Trinajstić information content (AvgIpc) is 2.96. The van der Waals surface area contributed by atoms with Crippen LogP contribution in [0.25, 0.3) is 22.3 Å². The van der Waals surface area contributed by atoms with Crippen molar-refractivity contribution < 1.29 is 27.0 Å². The molecule has 0 saturated heterocycles. The molecule has 0 bridgehead atoms. The summed E-state index contributed by atoms with van der Waals surface area (Å²) in [6, 6.07) is 20.0. The standard InChI is InChI=1S/C31H22ClF4N3O3/c1-2-41-27-15-20(14-25(32)28(27)42-18-19-7-5-10-23(33)13-19)17-37-39-29(21-8-6-9-22(16-21)31(34,35)36)38-26-12-4-3-11-24(26)30(39)40/h3-17H,2,18H2,1H3. The van der Waals surface area contributed by atoms with E-state index in [4.69, 9.17) is 21.1 Å². The van der Waals surface area contributed by atoms with Gasteiger partial charge in [-0.2, -0.15) is 22.9 Å². The molecule has 0 fully saturated rings. The minimum Gasteiger partial charge on any atom is -0.490 e. The molecule has 214 valence electrons. The summed E-state index contributed by atoms with van der Waals surface area (Å²) in [4.78, 5) is 17.9. The molecule has 0 aliphatic heterocycles. The first kappa shape index (κ1) is 28.8. The molecule has 0 spiro atoms. The van der Waals surface area contributed by atoms with E-state index in [9.17, 15) is 22.4 Å².